The van der Waals surface area contributed by atoms with Crippen molar-refractivity contribution in [2.75, 3.05) is 60.0 Å². The lowest BCUT2D eigenvalue weighted by molar-refractivity contribution is 0.163. The Morgan fingerprint density at radius 3 is 2.65 bits per heavy atom. The number of rotatable bonds is 8. The van der Waals surface area contributed by atoms with Gasteiger partial charge in [-0.25, -0.2) is 0 Å². The van der Waals surface area contributed by atoms with Gasteiger partial charge in [0.05, 0.1) is 13.2 Å². The lowest BCUT2D eigenvalue weighted by Gasteiger charge is -2.30. The Morgan fingerprint density at radius 2 is 2.04 bits per heavy atom. The summed E-state index contributed by atoms with van der Waals surface area (Å²) < 4.78 is 5.12. The fourth-order valence-corrected chi connectivity index (χ4v) is 2.89. The van der Waals surface area contributed by atoms with E-state index in [1.165, 1.54) is 11.1 Å². The van der Waals surface area contributed by atoms with Gasteiger partial charge in [-0.3, -0.25) is 4.99 Å². The van der Waals surface area contributed by atoms with E-state index >= 15 is 0 Å². The van der Waals surface area contributed by atoms with Gasteiger partial charge in [-0.1, -0.05) is 36.4 Å². The van der Waals surface area contributed by atoms with Crippen molar-refractivity contribution in [3.63, 3.8) is 0 Å². The normalized spacial score (nSPS) is 14.8. The molecule has 1 aromatic carbocycles. The van der Waals surface area contributed by atoms with Crippen molar-refractivity contribution < 1.29 is 4.74 Å². The largest absolute Gasteiger partial charge is 0.383 e. The van der Waals surface area contributed by atoms with Crippen LogP contribution in [-0.2, 0) is 4.74 Å². The zero-order valence-electron chi connectivity index (χ0n) is 16.3. The lowest BCUT2D eigenvalue weighted by Crippen LogP contribution is -2.43. The number of guanidine groups is 1. The standard InChI is InChI=1S/C20H32N4O.HI/c1-4-21-20(22-12-15-23(2)16-17-25-3)24-13-10-19(11-14-24)18-8-6-5-7-9-18;/h5-10H,4,11-17H2,1-3H3,(H,21,22);1H. The summed E-state index contributed by atoms with van der Waals surface area (Å²) in [5, 5.41) is 3.43. The van der Waals surface area contributed by atoms with Crippen LogP contribution in [-0.4, -0.2) is 75.8 Å². The summed E-state index contributed by atoms with van der Waals surface area (Å²) in [6, 6.07) is 10.7. The molecule has 1 aliphatic rings. The van der Waals surface area contributed by atoms with Crippen LogP contribution >= 0.6 is 24.0 Å². The Morgan fingerprint density at radius 1 is 1.27 bits per heavy atom. The van der Waals surface area contributed by atoms with E-state index in [0.29, 0.717) is 0 Å². The molecule has 0 saturated heterocycles. The number of hydrogen-bond donors (Lipinski definition) is 1. The minimum atomic E-state index is 0. The molecule has 0 amide bonds. The summed E-state index contributed by atoms with van der Waals surface area (Å²) in [6.07, 6.45) is 3.39. The Bertz CT molecular complexity index is 562. The summed E-state index contributed by atoms with van der Waals surface area (Å²) in [6.45, 7) is 8.38. The summed E-state index contributed by atoms with van der Waals surface area (Å²) in [4.78, 5) is 9.39. The minimum absolute atomic E-state index is 0. The molecule has 0 unspecified atom stereocenters. The molecule has 2 rings (SSSR count). The van der Waals surface area contributed by atoms with E-state index in [1.54, 1.807) is 7.11 Å². The van der Waals surface area contributed by atoms with Gasteiger partial charge >= 0.3 is 0 Å². The third-order valence-electron chi connectivity index (χ3n) is 4.41. The number of nitrogens with one attached hydrogen (secondary N) is 1. The smallest absolute Gasteiger partial charge is 0.194 e. The molecule has 1 N–H and O–H groups in total. The second-order valence-electron chi connectivity index (χ2n) is 6.32. The van der Waals surface area contributed by atoms with Crippen LogP contribution < -0.4 is 5.32 Å². The van der Waals surface area contributed by atoms with Crippen molar-refractivity contribution in [3.8, 4) is 0 Å². The highest BCUT2D eigenvalue weighted by Gasteiger charge is 2.16. The van der Waals surface area contributed by atoms with Crippen molar-refractivity contribution in [2.45, 2.75) is 13.3 Å². The third kappa shape index (κ3) is 7.63. The van der Waals surface area contributed by atoms with Crippen molar-refractivity contribution in [1.29, 1.82) is 0 Å². The van der Waals surface area contributed by atoms with Gasteiger partial charge in [0.15, 0.2) is 5.96 Å². The van der Waals surface area contributed by atoms with Gasteiger partial charge in [0, 0.05) is 39.8 Å². The Balaban J connectivity index is 0.00000338. The number of aliphatic imine (C=N–C) groups is 1. The molecule has 1 aliphatic heterocycles. The van der Waals surface area contributed by atoms with Crippen LogP contribution in [0.3, 0.4) is 0 Å². The molecule has 0 aromatic heterocycles. The van der Waals surface area contributed by atoms with Gasteiger partial charge in [-0.15, -0.1) is 24.0 Å². The molecule has 0 aliphatic carbocycles. The monoisotopic (exact) mass is 472 g/mol. The highest BCUT2D eigenvalue weighted by molar-refractivity contribution is 14.0. The Kier molecular flexibility index (Phi) is 11.6. The number of ether oxygens (including phenoxy) is 1. The molecule has 0 spiro atoms. The first kappa shape index (κ1) is 22.9. The number of methoxy groups -OCH3 is 1. The minimum Gasteiger partial charge on any atom is -0.383 e. The van der Waals surface area contributed by atoms with Crippen LogP contribution in [0.4, 0.5) is 0 Å². The molecule has 0 fully saturated rings. The number of benzene rings is 1. The average molecular weight is 472 g/mol. The number of hydrogen-bond acceptors (Lipinski definition) is 3. The predicted octanol–water partition coefficient (Wildman–Crippen LogP) is 2.94. The third-order valence-corrected chi connectivity index (χ3v) is 4.41. The molecular weight excluding hydrogens is 439 g/mol. The SMILES string of the molecule is CCNC(=NCCN(C)CCOC)N1CC=C(c2ccccc2)CC1.I. The fraction of sp³-hybridized carbons (Fsp3) is 0.550. The summed E-state index contributed by atoms with van der Waals surface area (Å²) in [5.41, 5.74) is 2.77. The molecule has 26 heavy (non-hydrogen) atoms. The van der Waals surface area contributed by atoms with Gasteiger partial charge < -0.3 is 19.9 Å². The first-order valence-electron chi connectivity index (χ1n) is 9.19. The maximum absolute atomic E-state index is 5.12. The van der Waals surface area contributed by atoms with Crippen molar-refractivity contribution in [3.05, 3.63) is 42.0 Å². The summed E-state index contributed by atoms with van der Waals surface area (Å²) in [7, 11) is 3.85. The van der Waals surface area contributed by atoms with E-state index in [4.69, 9.17) is 9.73 Å². The number of nitrogens with zero attached hydrogens (tertiary/aromatic N) is 3. The molecule has 1 aromatic rings. The number of halogens is 1. The van der Waals surface area contributed by atoms with Gasteiger partial charge in [-0.05, 0) is 31.5 Å². The van der Waals surface area contributed by atoms with E-state index in [2.05, 4.69) is 65.5 Å². The Labute approximate surface area is 175 Å². The van der Waals surface area contributed by atoms with E-state index in [-0.39, 0.29) is 24.0 Å². The average Bonchev–Trinajstić information content (AvgIpc) is 2.66. The van der Waals surface area contributed by atoms with E-state index < -0.39 is 0 Å². The van der Waals surface area contributed by atoms with E-state index in [9.17, 15) is 0 Å². The van der Waals surface area contributed by atoms with Gasteiger partial charge in [-0.2, -0.15) is 0 Å². The van der Waals surface area contributed by atoms with Crippen LogP contribution in [0.5, 0.6) is 0 Å². The lowest BCUT2D eigenvalue weighted by atomic mass is 10.00. The van der Waals surface area contributed by atoms with Crippen LogP contribution in [0, 0.1) is 0 Å². The van der Waals surface area contributed by atoms with E-state index in [1.807, 2.05) is 0 Å². The molecule has 6 heteroatoms. The molecule has 0 atom stereocenters. The van der Waals surface area contributed by atoms with Gasteiger partial charge in [0.2, 0.25) is 0 Å². The quantitative estimate of drug-likeness (QED) is 0.359. The van der Waals surface area contributed by atoms with Crippen LogP contribution in [0.15, 0.2) is 41.4 Å². The van der Waals surface area contributed by atoms with Crippen molar-refractivity contribution in [1.82, 2.24) is 15.1 Å². The summed E-state index contributed by atoms with van der Waals surface area (Å²) >= 11 is 0. The molecule has 146 valence electrons. The maximum atomic E-state index is 5.12. The fourth-order valence-electron chi connectivity index (χ4n) is 2.89. The number of likely N-dealkylation sites (N-methyl/N-ethyl adjacent to an activating group) is 1. The topological polar surface area (TPSA) is 40.1 Å². The highest BCUT2D eigenvalue weighted by Crippen LogP contribution is 2.21. The van der Waals surface area contributed by atoms with Crippen LogP contribution in [0.2, 0.25) is 0 Å². The van der Waals surface area contributed by atoms with Crippen molar-refractivity contribution >= 4 is 35.5 Å². The molecule has 1 heterocycles. The molecule has 0 radical (unpaired) electrons. The first-order valence-corrected chi connectivity index (χ1v) is 9.19. The summed E-state index contributed by atoms with van der Waals surface area (Å²) in [5.74, 6) is 1.02. The van der Waals surface area contributed by atoms with Crippen molar-refractivity contribution in [2.24, 2.45) is 4.99 Å². The zero-order chi connectivity index (χ0) is 17.9. The van der Waals surface area contributed by atoms with E-state index in [0.717, 1.165) is 58.3 Å². The molecule has 5 nitrogen and oxygen atoms in total. The van der Waals surface area contributed by atoms with Crippen LogP contribution in [0.25, 0.3) is 5.57 Å². The maximum Gasteiger partial charge on any atom is 0.194 e. The first-order chi connectivity index (χ1) is 12.2. The highest BCUT2D eigenvalue weighted by atomic mass is 127. The van der Waals surface area contributed by atoms with Crippen LogP contribution in [0.1, 0.15) is 18.9 Å². The second-order valence-corrected chi connectivity index (χ2v) is 6.32. The van der Waals surface area contributed by atoms with Gasteiger partial charge in [0.25, 0.3) is 0 Å². The Hall–Kier alpha value is -1.12. The predicted molar refractivity (Wildman–Crippen MR) is 121 cm³/mol. The zero-order valence-corrected chi connectivity index (χ0v) is 18.6. The van der Waals surface area contributed by atoms with Gasteiger partial charge in [0.1, 0.15) is 0 Å². The second kappa shape index (κ2) is 13.1. The molecule has 0 saturated carbocycles. The molecule has 0 bridgehead atoms. The molecular formula is C20H33IN4O.